The molecule has 0 heterocycles. The molecule has 1 rings (SSSR count). The van der Waals surface area contributed by atoms with Gasteiger partial charge in [-0.05, 0) is 38.0 Å². The highest BCUT2D eigenvalue weighted by Gasteiger charge is 2.95. The van der Waals surface area contributed by atoms with Gasteiger partial charge in [0, 0.05) is 7.11 Å². The molecule has 0 N–H and O–H groups in total. The average Bonchev–Trinajstić information content (AvgIpc) is 2.82. The molecule has 0 saturated carbocycles. The highest BCUT2D eigenvalue weighted by Crippen LogP contribution is 2.64. The van der Waals surface area contributed by atoms with Crippen molar-refractivity contribution in [1.29, 1.82) is 0 Å². The Morgan fingerprint density at radius 2 is 1.07 bits per heavy atom. The Morgan fingerprint density at radius 3 is 1.46 bits per heavy atom. The molecular weight excluding hydrogens is 619 g/mol. The zero-order valence-electron chi connectivity index (χ0n) is 21.0. The number of hydrogen-bond acceptors (Lipinski definition) is 2. The molecule has 0 bridgehead atoms. The van der Waals surface area contributed by atoms with E-state index in [-0.39, 0.29) is 5.75 Å². The van der Waals surface area contributed by atoms with E-state index in [1.165, 1.54) is 13.0 Å². The van der Waals surface area contributed by atoms with Crippen molar-refractivity contribution in [3.05, 3.63) is 29.8 Å². The Bertz CT molecular complexity index is 1050. The molecular formula is C22H21F17O2. The summed E-state index contributed by atoms with van der Waals surface area (Å²) in [5, 5.41) is 0. The minimum absolute atomic E-state index is 0.125. The number of rotatable bonds is 13. The summed E-state index contributed by atoms with van der Waals surface area (Å²) in [4.78, 5) is 0. The van der Waals surface area contributed by atoms with Crippen molar-refractivity contribution in [2.24, 2.45) is 0 Å². The number of hydrogen-bond donors (Lipinski definition) is 0. The summed E-state index contributed by atoms with van der Waals surface area (Å²) in [5.41, 5.74) is -3.42. The smallest absolute Gasteiger partial charge is 0.460 e. The number of halogens is 17. The molecule has 41 heavy (non-hydrogen) atoms. The molecule has 0 saturated heterocycles. The van der Waals surface area contributed by atoms with Crippen molar-refractivity contribution in [3.8, 4) is 5.75 Å². The Morgan fingerprint density at radius 1 is 0.659 bits per heavy atom. The van der Waals surface area contributed by atoms with E-state index in [1.54, 1.807) is 6.92 Å². The SMILES string of the molecule is CCC(C)Oc1cccc(C(C)(CC(F)(F)C(F)(F)C(F)(F)C(F)(F)C(F)(F)C(F)(F)C(F)(F)C(F)(F)F)OC)c1. The van der Waals surface area contributed by atoms with Crippen molar-refractivity contribution < 1.29 is 84.1 Å². The van der Waals surface area contributed by atoms with Crippen molar-refractivity contribution in [2.45, 2.75) is 93.0 Å². The zero-order chi connectivity index (χ0) is 32.9. The average molecular weight is 640 g/mol. The molecule has 0 aliphatic heterocycles. The van der Waals surface area contributed by atoms with E-state index in [9.17, 15) is 74.6 Å². The molecule has 19 heteroatoms. The number of methoxy groups -OCH3 is 1. The number of benzene rings is 1. The molecule has 0 aliphatic rings. The molecule has 0 amide bonds. The van der Waals surface area contributed by atoms with Crippen LogP contribution in [0.15, 0.2) is 24.3 Å². The van der Waals surface area contributed by atoms with Gasteiger partial charge in [0.2, 0.25) is 0 Å². The van der Waals surface area contributed by atoms with Gasteiger partial charge in [-0.1, -0.05) is 19.1 Å². The van der Waals surface area contributed by atoms with E-state index in [1.807, 2.05) is 0 Å². The lowest BCUT2D eigenvalue weighted by atomic mass is 9.83. The van der Waals surface area contributed by atoms with E-state index >= 15 is 0 Å². The molecule has 2 nitrogen and oxygen atoms in total. The minimum atomic E-state index is -8.67. The monoisotopic (exact) mass is 640 g/mol. The molecule has 0 spiro atoms. The van der Waals surface area contributed by atoms with Crippen LogP contribution in [0.2, 0.25) is 0 Å². The maximum Gasteiger partial charge on any atom is 0.460 e. The zero-order valence-corrected chi connectivity index (χ0v) is 21.0. The maximum absolute atomic E-state index is 14.6. The van der Waals surface area contributed by atoms with Gasteiger partial charge in [-0.15, -0.1) is 0 Å². The summed E-state index contributed by atoms with van der Waals surface area (Å²) in [7, 11) is 0.539. The molecule has 0 aromatic heterocycles. The molecule has 1 aromatic rings. The van der Waals surface area contributed by atoms with Crippen LogP contribution in [-0.4, -0.2) is 60.8 Å². The first kappa shape index (κ1) is 36.8. The molecule has 2 atom stereocenters. The van der Waals surface area contributed by atoms with Gasteiger partial charge in [-0.2, -0.15) is 74.6 Å². The van der Waals surface area contributed by atoms with Gasteiger partial charge in [0.15, 0.2) is 0 Å². The summed E-state index contributed by atoms with van der Waals surface area (Å²) in [6.45, 7) is 3.70. The van der Waals surface area contributed by atoms with Crippen LogP contribution >= 0.6 is 0 Å². The maximum atomic E-state index is 14.6. The first-order valence-electron chi connectivity index (χ1n) is 11.0. The van der Waals surface area contributed by atoms with Gasteiger partial charge in [0.1, 0.15) is 5.75 Å². The minimum Gasteiger partial charge on any atom is -0.491 e. The quantitative estimate of drug-likeness (QED) is 0.200. The second kappa shape index (κ2) is 10.8. The van der Waals surface area contributed by atoms with E-state index < -0.39 is 71.3 Å². The lowest BCUT2D eigenvalue weighted by Crippen LogP contribution is -2.74. The standard InChI is InChI=1S/C22H21F17O2/c1-5-11(2)41-13-8-6-7-12(9-13)14(3,40-4)10-15(23,24)16(25,26)17(27,28)18(29,30)19(31,32)20(33,34)21(35,36)22(37,38)39/h6-9,11H,5,10H2,1-4H3. The van der Waals surface area contributed by atoms with Crippen LogP contribution in [0.4, 0.5) is 74.6 Å². The van der Waals surface area contributed by atoms with Crippen LogP contribution in [-0.2, 0) is 10.3 Å². The molecule has 1 aromatic carbocycles. The van der Waals surface area contributed by atoms with E-state index in [4.69, 9.17) is 4.74 Å². The highest BCUT2D eigenvalue weighted by molar-refractivity contribution is 5.33. The molecule has 240 valence electrons. The third-order valence-corrected chi connectivity index (χ3v) is 6.15. The Balaban J connectivity index is 3.64. The molecule has 0 fully saturated rings. The highest BCUT2D eigenvalue weighted by atomic mass is 19.4. The van der Waals surface area contributed by atoms with Crippen LogP contribution in [0.1, 0.15) is 39.2 Å². The van der Waals surface area contributed by atoms with E-state index in [0.717, 1.165) is 18.2 Å². The van der Waals surface area contributed by atoms with Crippen molar-refractivity contribution in [2.75, 3.05) is 7.11 Å². The fourth-order valence-electron chi connectivity index (χ4n) is 3.24. The second-order valence-electron chi connectivity index (χ2n) is 9.12. The summed E-state index contributed by atoms with van der Waals surface area (Å²) < 4.78 is 241. The number of alkyl halides is 17. The van der Waals surface area contributed by atoms with Gasteiger partial charge in [-0.25, -0.2) is 0 Å². The van der Waals surface area contributed by atoms with Crippen molar-refractivity contribution >= 4 is 0 Å². The van der Waals surface area contributed by atoms with Crippen molar-refractivity contribution in [3.63, 3.8) is 0 Å². The summed E-state index contributed by atoms with van der Waals surface area (Å²) >= 11 is 0. The topological polar surface area (TPSA) is 18.5 Å². The fourth-order valence-corrected chi connectivity index (χ4v) is 3.24. The lowest BCUT2D eigenvalue weighted by molar-refractivity contribution is -0.462. The largest absolute Gasteiger partial charge is 0.491 e. The third-order valence-electron chi connectivity index (χ3n) is 6.15. The van der Waals surface area contributed by atoms with E-state index in [0.29, 0.717) is 20.5 Å². The Kier molecular flexibility index (Phi) is 9.71. The van der Waals surface area contributed by atoms with Gasteiger partial charge < -0.3 is 9.47 Å². The predicted octanol–water partition coefficient (Wildman–Crippen LogP) is 9.12. The van der Waals surface area contributed by atoms with Gasteiger partial charge in [-0.3, -0.25) is 0 Å². The van der Waals surface area contributed by atoms with Gasteiger partial charge >= 0.3 is 47.6 Å². The second-order valence-corrected chi connectivity index (χ2v) is 9.12. The third kappa shape index (κ3) is 5.75. The van der Waals surface area contributed by atoms with Crippen molar-refractivity contribution in [1.82, 2.24) is 0 Å². The Hall–Kier alpha value is -2.21. The number of ether oxygens (including phenoxy) is 2. The summed E-state index contributed by atoms with van der Waals surface area (Å²) in [6.07, 6.45) is -10.7. The predicted molar refractivity (Wildman–Crippen MR) is 106 cm³/mol. The van der Waals surface area contributed by atoms with Crippen LogP contribution < -0.4 is 4.74 Å². The van der Waals surface area contributed by atoms with Crippen LogP contribution in [0, 0.1) is 0 Å². The van der Waals surface area contributed by atoms with Crippen LogP contribution in [0.25, 0.3) is 0 Å². The molecule has 0 radical (unpaired) electrons. The normalized spacial score (nSPS) is 17.3. The van der Waals surface area contributed by atoms with Crippen LogP contribution in [0.5, 0.6) is 5.75 Å². The molecule has 2 unspecified atom stereocenters. The van der Waals surface area contributed by atoms with Gasteiger partial charge in [0.05, 0.1) is 18.1 Å². The first-order chi connectivity index (χ1) is 17.9. The van der Waals surface area contributed by atoms with Crippen LogP contribution in [0.3, 0.4) is 0 Å². The van der Waals surface area contributed by atoms with Gasteiger partial charge in [0.25, 0.3) is 0 Å². The van der Waals surface area contributed by atoms with E-state index in [2.05, 4.69) is 4.74 Å². The first-order valence-corrected chi connectivity index (χ1v) is 11.0. The lowest BCUT2D eigenvalue weighted by Gasteiger charge is -2.44. The summed E-state index contributed by atoms with van der Waals surface area (Å²) in [6, 6.07) is 4.02. The summed E-state index contributed by atoms with van der Waals surface area (Å²) in [5.74, 6) is -56.9. The fraction of sp³-hybridized carbons (Fsp3) is 0.727. The Labute approximate surface area is 220 Å². The molecule has 0 aliphatic carbocycles.